The van der Waals surface area contributed by atoms with Crippen LogP contribution in [0.15, 0.2) is 0 Å². The molecule has 0 atom stereocenters. The molecule has 6 nitrogen and oxygen atoms in total. The largest absolute Gasteiger partial charge is 0.450 e. The minimum atomic E-state index is -0.291. The van der Waals surface area contributed by atoms with Crippen LogP contribution in [-0.2, 0) is 4.74 Å². The van der Waals surface area contributed by atoms with Crippen LogP contribution >= 0.6 is 0 Å². The van der Waals surface area contributed by atoms with E-state index < -0.39 is 0 Å². The fourth-order valence-corrected chi connectivity index (χ4v) is 1.92. The van der Waals surface area contributed by atoms with Gasteiger partial charge in [-0.15, -0.1) is 0 Å². The summed E-state index contributed by atoms with van der Waals surface area (Å²) in [5.41, 5.74) is -0.246. The molecule has 0 aromatic carbocycles. The van der Waals surface area contributed by atoms with Crippen LogP contribution in [0.1, 0.15) is 34.1 Å². The van der Waals surface area contributed by atoms with Gasteiger partial charge in [0.05, 0.1) is 6.61 Å². The summed E-state index contributed by atoms with van der Waals surface area (Å²) in [6.45, 7) is 10.4. The second kappa shape index (κ2) is 6.63. The molecular weight excluding hydrogens is 246 g/mol. The van der Waals surface area contributed by atoms with Crippen LogP contribution < -0.4 is 5.32 Å². The van der Waals surface area contributed by atoms with E-state index >= 15 is 0 Å². The van der Waals surface area contributed by atoms with Crippen molar-refractivity contribution >= 4 is 12.1 Å². The van der Waals surface area contributed by atoms with Gasteiger partial charge in [0.2, 0.25) is 0 Å². The van der Waals surface area contributed by atoms with E-state index in [9.17, 15) is 9.59 Å². The minimum Gasteiger partial charge on any atom is -0.450 e. The van der Waals surface area contributed by atoms with Crippen molar-refractivity contribution in [3.8, 4) is 0 Å². The van der Waals surface area contributed by atoms with E-state index in [0.29, 0.717) is 32.8 Å². The molecule has 1 fully saturated rings. The van der Waals surface area contributed by atoms with Crippen molar-refractivity contribution < 1.29 is 14.3 Å². The Morgan fingerprint density at radius 1 is 1.11 bits per heavy atom. The molecule has 1 rings (SSSR count). The van der Waals surface area contributed by atoms with Gasteiger partial charge in [0, 0.05) is 31.7 Å². The molecule has 0 spiro atoms. The van der Waals surface area contributed by atoms with Crippen molar-refractivity contribution in [1.82, 2.24) is 15.1 Å². The van der Waals surface area contributed by atoms with Gasteiger partial charge in [0.15, 0.2) is 0 Å². The Kier molecular flexibility index (Phi) is 5.44. The average Bonchev–Trinajstić information content (AvgIpc) is 2.52. The summed E-state index contributed by atoms with van der Waals surface area (Å²) in [7, 11) is 0. The van der Waals surface area contributed by atoms with Gasteiger partial charge >= 0.3 is 12.1 Å². The van der Waals surface area contributed by atoms with Crippen molar-refractivity contribution in [2.24, 2.45) is 0 Å². The van der Waals surface area contributed by atoms with Gasteiger partial charge in [0.25, 0.3) is 0 Å². The zero-order chi connectivity index (χ0) is 14.5. The normalized spacial score (nSPS) is 16.8. The number of rotatable bonds is 1. The molecule has 1 aliphatic rings. The lowest BCUT2D eigenvalue weighted by Crippen LogP contribution is -2.49. The highest BCUT2D eigenvalue weighted by molar-refractivity contribution is 5.75. The van der Waals surface area contributed by atoms with Gasteiger partial charge in [0.1, 0.15) is 0 Å². The molecule has 3 amide bonds. The highest BCUT2D eigenvalue weighted by Crippen LogP contribution is 2.07. The fraction of sp³-hybridized carbons (Fsp3) is 0.846. The molecule has 0 unspecified atom stereocenters. The smallest absolute Gasteiger partial charge is 0.409 e. The number of hydrogen-bond donors (Lipinski definition) is 1. The van der Waals surface area contributed by atoms with Gasteiger partial charge in [-0.2, -0.15) is 0 Å². The zero-order valence-electron chi connectivity index (χ0n) is 12.4. The number of carbonyl (C=O) groups excluding carboxylic acids is 2. The molecule has 110 valence electrons. The number of carbonyl (C=O) groups is 2. The quantitative estimate of drug-likeness (QED) is 0.789. The third kappa shape index (κ3) is 5.36. The van der Waals surface area contributed by atoms with Crippen LogP contribution in [0, 0.1) is 0 Å². The highest BCUT2D eigenvalue weighted by atomic mass is 16.6. The molecule has 0 aromatic heterocycles. The van der Waals surface area contributed by atoms with Crippen LogP contribution in [0.25, 0.3) is 0 Å². The Bertz CT molecular complexity index is 326. The number of nitrogens with zero attached hydrogens (tertiary/aromatic N) is 2. The summed E-state index contributed by atoms with van der Waals surface area (Å²) >= 11 is 0. The first-order valence-corrected chi connectivity index (χ1v) is 6.82. The van der Waals surface area contributed by atoms with Crippen LogP contribution in [-0.4, -0.2) is 60.2 Å². The number of urea groups is 1. The predicted octanol–water partition coefficient (Wildman–Crippen LogP) is 1.66. The maximum absolute atomic E-state index is 12.0. The van der Waals surface area contributed by atoms with Crippen LogP contribution in [0.3, 0.4) is 0 Å². The van der Waals surface area contributed by atoms with E-state index in [0.717, 1.165) is 6.42 Å². The Morgan fingerprint density at radius 2 is 1.68 bits per heavy atom. The molecule has 1 saturated heterocycles. The van der Waals surface area contributed by atoms with E-state index in [1.54, 1.807) is 16.7 Å². The summed E-state index contributed by atoms with van der Waals surface area (Å²) in [6.07, 6.45) is 0.483. The summed E-state index contributed by atoms with van der Waals surface area (Å²) < 4.78 is 4.98. The van der Waals surface area contributed by atoms with Crippen LogP contribution in [0.2, 0.25) is 0 Å². The first kappa shape index (κ1) is 15.6. The van der Waals surface area contributed by atoms with E-state index in [1.165, 1.54) is 0 Å². The number of ether oxygens (including phenoxy) is 1. The molecule has 0 radical (unpaired) electrons. The lowest BCUT2D eigenvalue weighted by atomic mass is 10.1. The summed E-state index contributed by atoms with van der Waals surface area (Å²) in [4.78, 5) is 27.1. The number of nitrogens with one attached hydrogen (secondary N) is 1. The summed E-state index contributed by atoms with van der Waals surface area (Å²) in [5.74, 6) is 0. The van der Waals surface area contributed by atoms with Crippen LogP contribution in [0.5, 0.6) is 0 Å². The van der Waals surface area contributed by atoms with Gasteiger partial charge in [-0.25, -0.2) is 9.59 Å². The number of amides is 3. The topological polar surface area (TPSA) is 61.9 Å². The predicted molar refractivity (Wildman–Crippen MR) is 73.1 cm³/mol. The Labute approximate surface area is 115 Å². The van der Waals surface area contributed by atoms with Gasteiger partial charge in [-0.05, 0) is 34.1 Å². The molecule has 19 heavy (non-hydrogen) atoms. The molecule has 1 aliphatic heterocycles. The molecule has 1 heterocycles. The lowest BCUT2D eigenvalue weighted by molar-refractivity contribution is 0.108. The molecule has 1 N–H and O–H groups in total. The monoisotopic (exact) mass is 271 g/mol. The molecule has 0 aliphatic carbocycles. The summed E-state index contributed by atoms with van der Waals surface area (Å²) in [5, 5.41) is 2.94. The van der Waals surface area contributed by atoms with Gasteiger partial charge in [-0.1, -0.05) is 0 Å². The maximum Gasteiger partial charge on any atom is 0.409 e. The molecule has 6 heteroatoms. The van der Waals surface area contributed by atoms with Gasteiger partial charge in [-0.3, -0.25) is 0 Å². The zero-order valence-corrected chi connectivity index (χ0v) is 12.4. The first-order valence-electron chi connectivity index (χ1n) is 6.82. The molecular formula is C13H25N3O3. The van der Waals surface area contributed by atoms with Crippen LogP contribution in [0.4, 0.5) is 9.59 Å². The van der Waals surface area contributed by atoms with Gasteiger partial charge < -0.3 is 19.9 Å². The second-order valence-corrected chi connectivity index (χ2v) is 5.71. The standard InChI is InChI=1S/C13H25N3O3/c1-5-19-12(18)16-8-6-7-15(9-10-16)11(17)14-13(2,3)4/h5-10H2,1-4H3,(H,14,17). The first-order chi connectivity index (χ1) is 8.83. The third-order valence-electron chi connectivity index (χ3n) is 2.79. The van der Waals surface area contributed by atoms with E-state index in [1.807, 2.05) is 20.8 Å². The molecule has 0 saturated carbocycles. The molecule has 0 bridgehead atoms. The van der Waals surface area contributed by atoms with Crippen molar-refractivity contribution in [3.05, 3.63) is 0 Å². The Balaban J connectivity index is 2.50. The highest BCUT2D eigenvalue weighted by Gasteiger charge is 2.24. The SMILES string of the molecule is CCOC(=O)N1CCCN(C(=O)NC(C)(C)C)CC1. The van der Waals surface area contributed by atoms with Crippen molar-refractivity contribution in [3.63, 3.8) is 0 Å². The Morgan fingerprint density at radius 3 is 2.26 bits per heavy atom. The average molecular weight is 271 g/mol. The lowest BCUT2D eigenvalue weighted by Gasteiger charge is -2.27. The fourth-order valence-electron chi connectivity index (χ4n) is 1.92. The van der Waals surface area contributed by atoms with E-state index in [-0.39, 0.29) is 17.7 Å². The van der Waals surface area contributed by atoms with E-state index in [2.05, 4.69) is 5.32 Å². The third-order valence-corrected chi connectivity index (χ3v) is 2.79. The van der Waals surface area contributed by atoms with Crippen molar-refractivity contribution in [2.45, 2.75) is 39.7 Å². The van der Waals surface area contributed by atoms with Crippen molar-refractivity contribution in [2.75, 3.05) is 32.8 Å². The van der Waals surface area contributed by atoms with Crippen molar-refractivity contribution in [1.29, 1.82) is 0 Å². The minimum absolute atomic E-state index is 0.0711. The van der Waals surface area contributed by atoms with E-state index in [4.69, 9.17) is 4.74 Å². The Hall–Kier alpha value is -1.46. The second-order valence-electron chi connectivity index (χ2n) is 5.71. The molecule has 0 aromatic rings. The maximum atomic E-state index is 12.0. The number of hydrogen-bond acceptors (Lipinski definition) is 3. The summed E-state index contributed by atoms with van der Waals surface area (Å²) in [6, 6.07) is -0.0711.